The van der Waals surface area contributed by atoms with Crippen LogP contribution in [0.3, 0.4) is 0 Å². The number of hydrogen-bond donors (Lipinski definition) is 2. The number of carbonyl (C=O) groups excluding carboxylic acids is 1. The van der Waals surface area contributed by atoms with Crippen molar-refractivity contribution in [3.63, 3.8) is 0 Å². The van der Waals surface area contributed by atoms with Gasteiger partial charge in [0, 0.05) is 16.9 Å². The lowest BCUT2D eigenvalue weighted by molar-refractivity contribution is -0.110. The Balaban J connectivity index is 2.04. The monoisotopic (exact) mass is 316 g/mol. The van der Waals surface area contributed by atoms with Gasteiger partial charge in [-0.15, -0.1) is 0 Å². The van der Waals surface area contributed by atoms with Gasteiger partial charge in [-0.05, 0) is 49.7 Å². The van der Waals surface area contributed by atoms with Crippen LogP contribution in [0.4, 0.5) is 5.69 Å². The molecule has 0 aliphatic carbocycles. The van der Waals surface area contributed by atoms with Crippen LogP contribution < -0.4 is 15.5 Å². The summed E-state index contributed by atoms with van der Waals surface area (Å²) in [6, 6.07) is 9.08. The summed E-state index contributed by atoms with van der Waals surface area (Å²) in [6.07, 6.45) is 1.76. The molecule has 22 heavy (non-hydrogen) atoms. The van der Waals surface area contributed by atoms with Crippen LogP contribution in [0.1, 0.15) is 11.3 Å². The third kappa shape index (κ3) is 2.60. The van der Waals surface area contributed by atoms with E-state index in [4.69, 9.17) is 4.74 Å². The molecule has 1 aliphatic heterocycles. The first-order valence-electron chi connectivity index (χ1n) is 6.84. The summed E-state index contributed by atoms with van der Waals surface area (Å²) in [6.45, 7) is 3.41. The van der Waals surface area contributed by atoms with Gasteiger partial charge in [0.05, 0.1) is 18.1 Å². The summed E-state index contributed by atoms with van der Waals surface area (Å²) in [4.78, 5) is 15.3. The minimum atomic E-state index is -2.34. The van der Waals surface area contributed by atoms with E-state index in [1.54, 1.807) is 38.6 Å². The molecule has 0 atom stereocenters. The number of benzene rings is 1. The summed E-state index contributed by atoms with van der Waals surface area (Å²) in [7, 11) is -0.751. The first kappa shape index (κ1) is 14.7. The molecule has 0 saturated carbocycles. The molecular formula is C16H17N2O3P. The maximum atomic E-state index is 12.2. The highest BCUT2D eigenvalue weighted by Gasteiger charge is 2.25. The van der Waals surface area contributed by atoms with Crippen LogP contribution in [-0.2, 0) is 9.36 Å². The summed E-state index contributed by atoms with van der Waals surface area (Å²) < 4.78 is 17.3. The number of ether oxygens (including phenoxy) is 1. The third-order valence-electron chi connectivity index (χ3n) is 3.58. The van der Waals surface area contributed by atoms with E-state index in [0.717, 1.165) is 16.9 Å². The van der Waals surface area contributed by atoms with Crippen LogP contribution in [0, 0.1) is 0 Å². The van der Waals surface area contributed by atoms with E-state index in [1.165, 1.54) is 0 Å². The van der Waals surface area contributed by atoms with Crippen LogP contribution in [0.2, 0.25) is 0 Å². The average molecular weight is 316 g/mol. The van der Waals surface area contributed by atoms with Gasteiger partial charge >= 0.3 is 0 Å². The molecule has 1 amide bonds. The molecule has 0 saturated heterocycles. The molecule has 2 aromatic rings. The van der Waals surface area contributed by atoms with Crippen molar-refractivity contribution in [3.8, 4) is 5.75 Å². The number of aromatic nitrogens is 1. The molecule has 0 fully saturated rings. The van der Waals surface area contributed by atoms with Crippen molar-refractivity contribution >= 4 is 35.8 Å². The van der Waals surface area contributed by atoms with Gasteiger partial charge in [0.1, 0.15) is 12.9 Å². The number of amides is 1. The molecule has 0 bridgehead atoms. The number of anilines is 1. The van der Waals surface area contributed by atoms with E-state index in [-0.39, 0.29) is 5.91 Å². The maximum Gasteiger partial charge on any atom is 0.256 e. The lowest BCUT2D eigenvalue weighted by Crippen LogP contribution is -2.04. The fourth-order valence-electron chi connectivity index (χ4n) is 2.39. The van der Waals surface area contributed by atoms with Crippen LogP contribution in [0.15, 0.2) is 30.3 Å². The first-order valence-corrected chi connectivity index (χ1v) is 9.44. The van der Waals surface area contributed by atoms with Gasteiger partial charge in [-0.25, -0.2) is 0 Å². The molecule has 0 radical (unpaired) electrons. The highest BCUT2D eigenvalue weighted by Crippen LogP contribution is 2.36. The van der Waals surface area contributed by atoms with Crippen molar-refractivity contribution < 1.29 is 14.1 Å². The molecule has 1 aliphatic rings. The minimum absolute atomic E-state index is 0.157. The molecule has 2 N–H and O–H groups in total. The van der Waals surface area contributed by atoms with E-state index >= 15 is 0 Å². The largest absolute Gasteiger partial charge is 0.497 e. The molecule has 0 spiro atoms. The lowest BCUT2D eigenvalue weighted by atomic mass is 10.1. The van der Waals surface area contributed by atoms with Gasteiger partial charge in [0.25, 0.3) is 5.91 Å². The molecule has 0 unspecified atom stereocenters. The molecule has 114 valence electrons. The standard InChI is InChI=1S/C16H17N2O3P/c1-21-11-5-6-14-12(9-11)13(16(19)18-14)8-10-4-7-15(17-10)22(2,3)20/h4-9,17H,1-3H3,(H,18,19)/b13-8+. The number of rotatable bonds is 3. The second-order valence-corrected chi connectivity index (χ2v) is 8.76. The maximum absolute atomic E-state index is 12.2. The summed E-state index contributed by atoms with van der Waals surface area (Å²) >= 11 is 0. The van der Waals surface area contributed by atoms with Crippen LogP contribution in [-0.4, -0.2) is 31.3 Å². The Kier molecular flexibility index (Phi) is 3.45. The third-order valence-corrected chi connectivity index (χ3v) is 5.00. The van der Waals surface area contributed by atoms with Crippen LogP contribution in [0.25, 0.3) is 11.6 Å². The smallest absolute Gasteiger partial charge is 0.256 e. The highest BCUT2D eigenvalue weighted by atomic mass is 31.2. The first-order chi connectivity index (χ1) is 10.4. The number of H-pyrrole nitrogens is 1. The molecule has 1 aromatic carbocycles. The zero-order valence-electron chi connectivity index (χ0n) is 12.6. The predicted octanol–water partition coefficient (Wildman–Crippen LogP) is 2.76. The van der Waals surface area contributed by atoms with E-state index in [1.807, 2.05) is 18.2 Å². The van der Waals surface area contributed by atoms with E-state index in [9.17, 15) is 9.36 Å². The Morgan fingerprint density at radius 1 is 1.18 bits per heavy atom. The van der Waals surface area contributed by atoms with Gasteiger partial charge in [-0.1, -0.05) is 0 Å². The van der Waals surface area contributed by atoms with Crippen molar-refractivity contribution in [2.75, 3.05) is 25.8 Å². The topological polar surface area (TPSA) is 71.2 Å². The lowest BCUT2D eigenvalue weighted by Gasteiger charge is -2.03. The number of hydrogen-bond acceptors (Lipinski definition) is 3. The molecule has 1 aromatic heterocycles. The summed E-state index contributed by atoms with van der Waals surface area (Å²) in [5.74, 6) is 0.538. The average Bonchev–Trinajstić information content (AvgIpc) is 3.04. The fraction of sp³-hybridized carbons (Fsp3) is 0.188. The van der Waals surface area contributed by atoms with E-state index in [0.29, 0.717) is 16.8 Å². The van der Waals surface area contributed by atoms with Gasteiger partial charge in [0.15, 0.2) is 0 Å². The van der Waals surface area contributed by atoms with Gasteiger partial charge in [-0.2, -0.15) is 0 Å². The van der Waals surface area contributed by atoms with Crippen LogP contribution in [0.5, 0.6) is 5.75 Å². The minimum Gasteiger partial charge on any atom is -0.497 e. The summed E-state index contributed by atoms with van der Waals surface area (Å²) in [5.41, 5.74) is 3.57. The normalized spacial score (nSPS) is 15.8. The zero-order valence-corrected chi connectivity index (χ0v) is 13.5. The van der Waals surface area contributed by atoms with Crippen molar-refractivity contribution in [2.45, 2.75) is 0 Å². The molecule has 6 heteroatoms. The number of methoxy groups -OCH3 is 1. The Labute approximate surface area is 128 Å². The quantitative estimate of drug-likeness (QED) is 0.675. The Hall–Kier alpha value is -2.26. The number of carbonyl (C=O) groups is 1. The van der Waals surface area contributed by atoms with E-state index < -0.39 is 7.14 Å². The molecular weight excluding hydrogens is 299 g/mol. The second-order valence-electron chi connectivity index (χ2n) is 5.57. The zero-order chi connectivity index (χ0) is 15.9. The van der Waals surface area contributed by atoms with Crippen molar-refractivity contribution in [1.29, 1.82) is 0 Å². The molecule has 3 rings (SSSR count). The Bertz CT molecular complexity index is 830. The van der Waals surface area contributed by atoms with Crippen molar-refractivity contribution in [3.05, 3.63) is 41.6 Å². The van der Waals surface area contributed by atoms with Gasteiger partial charge < -0.3 is 19.6 Å². The SMILES string of the molecule is COc1ccc2c(c1)/C(=C\c1ccc(P(C)(C)=O)[nH]1)C(=O)N2. The number of fused-ring (bicyclic) bond motifs is 1. The number of aromatic amines is 1. The molecule has 5 nitrogen and oxygen atoms in total. The number of nitrogens with one attached hydrogen (secondary N) is 2. The van der Waals surface area contributed by atoms with E-state index in [2.05, 4.69) is 10.3 Å². The van der Waals surface area contributed by atoms with Crippen LogP contribution >= 0.6 is 7.14 Å². The van der Waals surface area contributed by atoms with Gasteiger partial charge in [-0.3, -0.25) is 4.79 Å². The summed E-state index contributed by atoms with van der Waals surface area (Å²) in [5, 5.41) is 2.82. The van der Waals surface area contributed by atoms with Crippen molar-refractivity contribution in [1.82, 2.24) is 4.98 Å². The second kappa shape index (κ2) is 5.18. The Morgan fingerprint density at radius 2 is 1.95 bits per heavy atom. The highest BCUT2D eigenvalue weighted by molar-refractivity contribution is 7.69. The Morgan fingerprint density at radius 3 is 2.59 bits per heavy atom. The van der Waals surface area contributed by atoms with Crippen molar-refractivity contribution in [2.24, 2.45) is 0 Å². The van der Waals surface area contributed by atoms with Gasteiger partial charge in [0.2, 0.25) is 0 Å². The fourth-order valence-corrected chi connectivity index (χ4v) is 3.22. The molecule has 2 heterocycles. The predicted molar refractivity (Wildman–Crippen MR) is 89.4 cm³/mol.